The molecule has 1 saturated heterocycles. The highest BCUT2D eigenvalue weighted by molar-refractivity contribution is 6.07. The van der Waals surface area contributed by atoms with E-state index in [2.05, 4.69) is 24.5 Å². The average Bonchev–Trinajstić information content (AvgIpc) is 3.10. The third-order valence-electron chi connectivity index (χ3n) is 5.95. The van der Waals surface area contributed by atoms with Crippen molar-refractivity contribution < 1.29 is 9.72 Å². The zero-order valence-corrected chi connectivity index (χ0v) is 15.6. The predicted molar refractivity (Wildman–Crippen MR) is 103 cm³/mol. The minimum Gasteiger partial charge on any atom is -0.324 e. The van der Waals surface area contributed by atoms with E-state index >= 15 is 0 Å². The second-order valence-corrected chi connectivity index (χ2v) is 7.82. The number of anilines is 1. The number of para-hydroxylation sites is 1. The summed E-state index contributed by atoms with van der Waals surface area (Å²) in [6.45, 7) is 6.15. The maximum Gasteiger partial charge on any atom is 0.256 e. The third kappa shape index (κ3) is 2.47. The van der Waals surface area contributed by atoms with E-state index in [4.69, 9.17) is 0 Å². The van der Waals surface area contributed by atoms with Gasteiger partial charge in [-0.2, -0.15) is 0 Å². The smallest absolute Gasteiger partial charge is 0.256 e. The molecule has 1 spiro atoms. The van der Waals surface area contributed by atoms with E-state index in [9.17, 15) is 14.9 Å². The molecule has 2 heterocycles. The molecule has 27 heavy (non-hydrogen) atoms. The van der Waals surface area contributed by atoms with E-state index in [0.29, 0.717) is 17.2 Å². The van der Waals surface area contributed by atoms with Crippen LogP contribution in [0, 0.1) is 10.1 Å². The SMILES string of the molecule is CC(C)c1ccc([C@@H]2[C@H](C)N[C@@]3(C(=O)Nc4ccccc43)[C@H]2[N+](=O)[O-])cc1. The molecule has 6 nitrogen and oxygen atoms in total. The van der Waals surface area contributed by atoms with Gasteiger partial charge in [0.1, 0.15) is 0 Å². The fourth-order valence-electron chi connectivity index (χ4n) is 4.66. The van der Waals surface area contributed by atoms with Gasteiger partial charge in [-0.3, -0.25) is 20.2 Å². The van der Waals surface area contributed by atoms with Crippen LogP contribution < -0.4 is 10.6 Å². The average molecular weight is 365 g/mol. The van der Waals surface area contributed by atoms with Crippen LogP contribution >= 0.6 is 0 Å². The van der Waals surface area contributed by atoms with Crippen LogP contribution in [0.25, 0.3) is 0 Å². The number of fused-ring (bicyclic) bond motifs is 2. The Hall–Kier alpha value is -2.73. The number of nitrogens with zero attached hydrogens (tertiary/aromatic N) is 1. The molecule has 4 atom stereocenters. The van der Waals surface area contributed by atoms with Gasteiger partial charge in [-0.05, 0) is 30.0 Å². The molecular formula is C21H23N3O3. The van der Waals surface area contributed by atoms with Gasteiger partial charge in [-0.25, -0.2) is 0 Å². The van der Waals surface area contributed by atoms with Crippen molar-refractivity contribution >= 4 is 11.6 Å². The van der Waals surface area contributed by atoms with Crippen LogP contribution in [0.2, 0.25) is 0 Å². The number of hydrogen-bond acceptors (Lipinski definition) is 4. The first-order valence-electron chi connectivity index (χ1n) is 9.28. The van der Waals surface area contributed by atoms with E-state index in [1.54, 1.807) is 12.1 Å². The molecule has 2 aliphatic rings. The van der Waals surface area contributed by atoms with Gasteiger partial charge in [0, 0.05) is 22.2 Å². The monoisotopic (exact) mass is 365 g/mol. The van der Waals surface area contributed by atoms with Crippen LogP contribution in [0.1, 0.15) is 49.3 Å². The molecule has 0 bridgehead atoms. The van der Waals surface area contributed by atoms with Crippen LogP contribution in [0.4, 0.5) is 5.69 Å². The van der Waals surface area contributed by atoms with Crippen LogP contribution in [0.15, 0.2) is 48.5 Å². The summed E-state index contributed by atoms with van der Waals surface area (Å²) < 4.78 is 0. The van der Waals surface area contributed by atoms with Crippen molar-refractivity contribution in [1.29, 1.82) is 0 Å². The van der Waals surface area contributed by atoms with Gasteiger partial charge in [0.15, 0.2) is 5.54 Å². The second-order valence-electron chi connectivity index (χ2n) is 7.82. The van der Waals surface area contributed by atoms with Crippen LogP contribution in [-0.2, 0) is 10.3 Å². The van der Waals surface area contributed by atoms with Gasteiger partial charge in [0.25, 0.3) is 11.9 Å². The van der Waals surface area contributed by atoms with Crippen molar-refractivity contribution in [2.24, 2.45) is 0 Å². The first-order valence-corrected chi connectivity index (χ1v) is 9.28. The van der Waals surface area contributed by atoms with Crippen molar-refractivity contribution in [1.82, 2.24) is 5.32 Å². The Morgan fingerprint density at radius 1 is 1.11 bits per heavy atom. The molecule has 2 aromatic carbocycles. The standard InChI is InChI=1S/C21H23N3O3/c1-12(2)14-8-10-15(11-9-14)18-13(3)23-21(19(18)24(26)27)16-6-4-5-7-17(16)22-20(21)25/h4-13,18-19,23H,1-3H3,(H,22,25)/t13-,18-,19-,21+/m0/s1. The molecule has 4 rings (SSSR count). The second kappa shape index (κ2) is 6.16. The molecule has 1 fully saturated rings. The number of rotatable bonds is 3. The molecule has 2 aliphatic heterocycles. The molecular weight excluding hydrogens is 342 g/mol. The first kappa shape index (κ1) is 17.7. The van der Waals surface area contributed by atoms with E-state index in [1.807, 2.05) is 43.3 Å². The third-order valence-corrected chi connectivity index (χ3v) is 5.95. The Bertz CT molecular complexity index is 909. The lowest BCUT2D eigenvalue weighted by molar-refractivity contribution is -0.532. The molecule has 2 N–H and O–H groups in total. The highest BCUT2D eigenvalue weighted by Gasteiger charge is 2.67. The van der Waals surface area contributed by atoms with E-state index < -0.39 is 17.5 Å². The first-order chi connectivity index (χ1) is 12.9. The summed E-state index contributed by atoms with van der Waals surface area (Å²) in [5, 5.41) is 18.3. The normalized spacial score (nSPS) is 29.2. The number of nitrogens with one attached hydrogen (secondary N) is 2. The highest BCUT2D eigenvalue weighted by Crippen LogP contribution is 2.49. The van der Waals surface area contributed by atoms with E-state index in [0.717, 1.165) is 5.56 Å². The minimum absolute atomic E-state index is 0.220. The summed E-state index contributed by atoms with van der Waals surface area (Å²) in [7, 11) is 0. The lowest BCUT2D eigenvalue weighted by Gasteiger charge is -2.25. The summed E-state index contributed by atoms with van der Waals surface area (Å²) >= 11 is 0. The molecule has 1 amide bonds. The summed E-state index contributed by atoms with van der Waals surface area (Å²) in [6, 6.07) is 13.9. The van der Waals surface area contributed by atoms with Gasteiger partial charge in [-0.15, -0.1) is 0 Å². The molecule has 0 saturated carbocycles. The number of carbonyl (C=O) groups excluding carboxylic acids is 1. The van der Waals surface area contributed by atoms with Gasteiger partial charge >= 0.3 is 0 Å². The van der Waals surface area contributed by atoms with Crippen LogP contribution in [-0.4, -0.2) is 22.9 Å². The van der Waals surface area contributed by atoms with Crippen molar-refractivity contribution in [2.45, 2.75) is 50.2 Å². The number of benzene rings is 2. The van der Waals surface area contributed by atoms with Gasteiger partial charge < -0.3 is 5.32 Å². The highest BCUT2D eigenvalue weighted by atomic mass is 16.6. The zero-order chi connectivity index (χ0) is 19.3. The number of nitro groups is 1. The summed E-state index contributed by atoms with van der Waals surface area (Å²) in [6.07, 6.45) is 0. The van der Waals surface area contributed by atoms with E-state index in [-0.39, 0.29) is 16.9 Å². The Balaban J connectivity index is 1.83. The Morgan fingerprint density at radius 3 is 2.41 bits per heavy atom. The minimum atomic E-state index is -1.35. The number of hydrogen-bond donors (Lipinski definition) is 2. The largest absolute Gasteiger partial charge is 0.324 e. The summed E-state index contributed by atoms with van der Waals surface area (Å²) in [5.74, 6) is -0.361. The topological polar surface area (TPSA) is 84.3 Å². The maximum atomic E-state index is 13.0. The Kier molecular flexibility index (Phi) is 4.03. The van der Waals surface area contributed by atoms with Crippen LogP contribution in [0.5, 0.6) is 0 Å². The Labute approximate surface area is 158 Å². The number of carbonyl (C=O) groups is 1. The van der Waals surface area contributed by atoms with Crippen molar-refractivity contribution in [3.63, 3.8) is 0 Å². The predicted octanol–water partition coefficient (Wildman–Crippen LogP) is 3.38. The molecule has 0 radical (unpaired) electrons. The molecule has 0 aromatic heterocycles. The van der Waals surface area contributed by atoms with Crippen molar-refractivity contribution in [3.05, 3.63) is 75.3 Å². The molecule has 6 heteroatoms. The molecule has 2 aromatic rings. The molecule has 0 aliphatic carbocycles. The summed E-state index contributed by atoms with van der Waals surface area (Å²) in [5.41, 5.74) is 2.03. The number of amides is 1. The van der Waals surface area contributed by atoms with Gasteiger partial charge in [0.2, 0.25) is 0 Å². The molecule has 140 valence electrons. The quantitative estimate of drug-likeness (QED) is 0.645. The maximum absolute atomic E-state index is 13.0. The lowest BCUT2D eigenvalue weighted by atomic mass is 9.78. The molecule has 0 unspecified atom stereocenters. The van der Waals surface area contributed by atoms with Crippen molar-refractivity contribution in [2.75, 3.05) is 5.32 Å². The van der Waals surface area contributed by atoms with Gasteiger partial charge in [0.05, 0.1) is 5.92 Å². The summed E-state index contributed by atoms with van der Waals surface area (Å²) in [4.78, 5) is 24.9. The lowest BCUT2D eigenvalue weighted by Crippen LogP contribution is -2.54. The fraction of sp³-hybridized carbons (Fsp3) is 0.381. The van der Waals surface area contributed by atoms with Crippen molar-refractivity contribution in [3.8, 4) is 0 Å². The van der Waals surface area contributed by atoms with E-state index in [1.165, 1.54) is 5.56 Å². The van der Waals surface area contributed by atoms with Gasteiger partial charge in [-0.1, -0.05) is 56.3 Å². The zero-order valence-electron chi connectivity index (χ0n) is 15.6. The Morgan fingerprint density at radius 2 is 1.78 bits per heavy atom. The van der Waals surface area contributed by atoms with Crippen LogP contribution in [0.3, 0.4) is 0 Å². The fourth-order valence-corrected chi connectivity index (χ4v) is 4.66.